The molecule has 0 fully saturated rings. The van der Waals surface area contributed by atoms with Gasteiger partial charge in [0.25, 0.3) is 0 Å². The Balaban J connectivity index is 1.52. The molecule has 0 saturated heterocycles. The number of benzene rings is 4. The van der Waals surface area contributed by atoms with Crippen LogP contribution in [0.2, 0.25) is 0 Å². The fourth-order valence-corrected chi connectivity index (χ4v) is 8.84. The molecule has 4 aromatic rings. The Kier molecular flexibility index (Phi) is 5.74. The second kappa shape index (κ2) is 8.96. The van der Waals surface area contributed by atoms with Crippen LogP contribution in [0.25, 0.3) is 0 Å². The van der Waals surface area contributed by atoms with Crippen molar-refractivity contribution in [1.82, 2.24) is 0 Å². The Labute approximate surface area is 184 Å². The zero-order valence-corrected chi connectivity index (χ0v) is 18.4. The van der Waals surface area contributed by atoms with Gasteiger partial charge in [-0.2, -0.15) is 0 Å². The number of aryl methyl sites for hydroxylation is 1. The molecular formula is C28H26O2P+. The summed E-state index contributed by atoms with van der Waals surface area (Å²) < 4.78 is 11.0. The van der Waals surface area contributed by atoms with Crippen LogP contribution in [0.4, 0.5) is 0 Å². The van der Waals surface area contributed by atoms with Crippen molar-refractivity contribution in [3.8, 4) is 11.5 Å². The number of rotatable bonds is 7. The summed E-state index contributed by atoms with van der Waals surface area (Å²) >= 11 is 0. The van der Waals surface area contributed by atoms with Crippen LogP contribution < -0.4 is 25.4 Å². The lowest BCUT2D eigenvalue weighted by atomic mass is 10.1. The molecule has 0 radical (unpaired) electrons. The molecule has 1 heterocycles. The van der Waals surface area contributed by atoms with Crippen molar-refractivity contribution in [2.75, 3.05) is 13.0 Å². The molecule has 154 valence electrons. The third-order valence-electron chi connectivity index (χ3n) is 5.99. The van der Waals surface area contributed by atoms with E-state index in [1.54, 1.807) is 0 Å². The molecule has 0 spiro atoms. The molecule has 0 atom stereocenters. The van der Waals surface area contributed by atoms with E-state index in [2.05, 4.69) is 103 Å². The summed E-state index contributed by atoms with van der Waals surface area (Å²) in [5.74, 6) is 1.72. The van der Waals surface area contributed by atoms with Crippen molar-refractivity contribution in [3.63, 3.8) is 0 Å². The first-order valence-electron chi connectivity index (χ1n) is 10.8. The lowest BCUT2D eigenvalue weighted by molar-refractivity contribution is 0.174. The van der Waals surface area contributed by atoms with E-state index in [0.717, 1.165) is 30.5 Å². The predicted octanol–water partition coefficient (Wildman–Crippen LogP) is 5.34. The van der Waals surface area contributed by atoms with Gasteiger partial charge < -0.3 is 9.47 Å². The van der Waals surface area contributed by atoms with E-state index in [0.29, 0.717) is 6.79 Å². The molecule has 1 aliphatic rings. The summed E-state index contributed by atoms with van der Waals surface area (Å²) in [5.41, 5.74) is 1.30. The zero-order valence-electron chi connectivity index (χ0n) is 17.5. The minimum absolute atomic E-state index is 0.323. The monoisotopic (exact) mass is 425 g/mol. The number of ether oxygens (including phenoxy) is 2. The van der Waals surface area contributed by atoms with Gasteiger partial charge in [0.2, 0.25) is 6.79 Å². The Morgan fingerprint density at radius 3 is 1.65 bits per heavy atom. The van der Waals surface area contributed by atoms with Crippen LogP contribution in [0.15, 0.2) is 109 Å². The quantitative estimate of drug-likeness (QED) is 0.372. The molecule has 0 N–H and O–H groups in total. The first-order valence-corrected chi connectivity index (χ1v) is 12.8. The largest absolute Gasteiger partial charge is 0.454 e. The van der Waals surface area contributed by atoms with E-state index in [9.17, 15) is 0 Å². The molecule has 0 amide bonds. The molecule has 2 nitrogen and oxygen atoms in total. The fourth-order valence-electron chi connectivity index (χ4n) is 4.50. The van der Waals surface area contributed by atoms with Gasteiger partial charge in [-0.25, -0.2) is 0 Å². The van der Waals surface area contributed by atoms with Gasteiger partial charge in [-0.05, 0) is 66.9 Å². The summed E-state index contributed by atoms with van der Waals surface area (Å²) in [6, 6.07) is 39.6. The number of fused-ring (bicyclic) bond motifs is 1. The summed E-state index contributed by atoms with van der Waals surface area (Å²) in [7, 11) is -1.76. The third-order valence-corrected chi connectivity index (χ3v) is 10.5. The molecule has 1 aliphatic heterocycles. The highest BCUT2D eigenvalue weighted by Gasteiger charge is 2.44. The standard InChI is InChI=1S/C28H26O2P/c1-4-12-24(13-5-1)31(25-14-6-2-7-15-25,26-16-8-3-9-17-26)20-10-11-23-18-19-27-28(21-23)30-22-29-27/h1-9,12-19,21H,10-11,20,22H2/q+1. The molecule has 0 unspecified atom stereocenters. The second-order valence-electron chi connectivity index (χ2n) is 7.83. The third kappa shape index (κ3) is 3.96. The second-order valence-corrected chi connectivity index (χ2v) is 11.4. The van der Waals surface area contributed by atoms with Crippen LogP contribution in [0, 0.1) is 0 Å². The summed E-state index contributed by atoms with van der Waals surface area (Å²) in [6.07, 6.45) is 3.25. The number of hydrogen-bond donors (Lipinski definition) is 0. The van der Waals surface area contributed by atoms with Gasteiger partial charge in [-0.15, -0.1) is 0 Å². The van der Waals surface area contributed by atoms with Crippen LogP contribution >= 0.6 is 7.26 Å². The van der Waals surface area contributed by atoms with Crippen molar-refractivity contribution in [2.45, 2.75) is 12.8 Å². The molecule has 0 saturated carbocycles. The molecule has 3 heteroatoms. The van der Waals surface area contributed by atoms with Crippen molar-refractivity contribution in [2.24, 2.45) is 0 Å². The molecule has 31 heavy (non-hydrogen) atoms. The van der Waals surface area contributed by atoms with E-state index >= 15 is 0 Å². The van der Waals surface area contributed by atoms with E-state index < -0.39 is 7.26 Å². The van der Waals surface area contributed by atoms with E-state index in [1.165, 1.54) is 21.5 Å². The Hall–Kier alpha value is -3.09. The smallest absolute Gasteiger partial charge is 0.231 e. The Morgan fingerprint density at radius 1 is 0.581 bits per heavy atom. The Bertz CT molecular complexity index is 1030. The van der Waals surface area contributed by atoms with Crippen molar-refractivity contribution in [1.29, 1.82) is 0 Å². The van der Waals surface area contributed by atoms with E-state index in [-0.39, 0.29) is 0 Å². The topological polar surface area (TPSA) is 18.5 Å². The van der Waals surface area contributed by atoms with Crippen molar-refractivity contribution >= 4 is 23.2 Å². The average Bonchev–Trinajstić information content (AvgIpc) is 3.32. The average molecular weight is 425 g/mol. The van der Waals surface area contributed by atoms with Gasteiger partial charge in [0.05, 0.1) is 6.16 Å². The van der Waals surface area contributed by atoms with Crippen LogP contribution in [0.1, 0.15) is 12.0 Å². The van der Waals surface area contributed by atoms with Gasteiger partial charge >= 0.3 is 0 Å². The van der Waals surface area contributed by atoms with Crippen LogP contribution in [0.3, 0.4) is 0 Å². The minimum Gasteiger partial charge on any atom is -0.454 e. The summed E-state index contributed by atoms with van der Waals surface area (Å²) in [5, 5.41) is 4.33. The highest BCUT2D eigenvalue weighted by molar-refractivity contribution is 7.95. The number of hydrogen-bond acceptors (Lipinski definition) is 2. The maximum Gasteiger partial charge on any atom is 0.231 e. The lowest BCUT2D eigenvalue weighted by Crippen LogP contribution is -2.33. The van der Waals surface area contributed by atoms with Gasteiger partial charge in [0.15, 0.2) is 11.5 Å². The minimum atomic E-state index is -1.76. The first-order chi connectivity index (χ1) is 15.4. The zero-order chi connectivity index (χ0) is 20.9. The molecule has 4 aromatic carbocycles. The predicted molar refractivity (Wildman–Crippen MR) is 131 cm³/mol. The van der Waals surface area contributed by atoms with Gasteiger partial charge in [-0.1, -0.05) is 60.7 Å². The molecule has 5 rings (SSSR count). The van der Waals surface area contributed by atoms with Crippen molar-refractivity contribution in [3.05, 3.63) is 115 Å². The van der Waals surface area contributed by atoms with Crippen LogP contribution in [-0.4, -0.2) is 13.0 Å². The summed E-state index contributed by atoms with van der Waals surface area (Å²) in [4.78, 5) is 0. The fraction of sp³-hybridized carbons (Fsp3) is 0.143. The van der Waals surface area contributed by atoms with Crippen LogP contribution in [-0.2, 0) is 6.42 Å². The first kappa shape index (κ1) is 19.8. The van der Waals surface area contributed by atoms with Crippen LogP contribution in [0.5, 0.6) is 11.5 Å². The molecule has 0 aromatic heterocycles. The molecule has 0 bridgehead atoms. The van der Waals surface area contributed by atoms with Gasteiger partial charge in [0, 0.05) is 0 Å². The highest BCUT2D eigenvalue weighted by atomic mass is 31.2. The lowest BCUT2D eigenvalue weighted by Gasteiger charge is -2.27. The van der Waals surface area contributed by atoms with Gasteiger partial charge in [0.1, 0.15) is 23.2 Å². The van der Waals surface area contributed by atoms with E-state index in [4.69, 9.17) is 9.47 Å². The molecule has 0 aliphatic carbocycles. The Morgan fingerprint density at radius 2 is 1.10 bits per heavy atom. The highest BCUT2D eigenvalue weighted by Crippen LogP contribution is 2.55. The maximum atomic E-state index is 5.58. The van der Waals surface area contributed by atoms with Gasteiger partial charge in [-0.3, -0.25) is 0 Å². The van der Waals surface area contributed by atoms with E-state index in [1.807, 2.05) is 6.07 Å². The SMILES string of the molecule is c1ccc([P+](CCCc2ccc3c(c2)OCO3)(c2ccccc2)c2ccccc2)cc1. The normalized spacial score (nSPS) is 12.6. The maximum absolute atomic E-state index is 5.58. The summed E-state index contributed by atoms with van der Waals surface area (Å²) in [6.45, 7) is 0.323. The molecular weight excluding hydrogens is 399 g/mol. The van der Waals surface area contributed by atoms with Crippen molar-refractivity contribution < 1.29 is 9.47 Å².